The summed E-state index contributed by atoms with van der Waals surface area (Å²) in [4.78, 5) is 11.8. The molecule has 1 heterocycles. The Hall–Kier alpha value is -0.670. The van der Waals surface area contributed by atoms with Gasteiger partial charge in [-0.25, -0.2) is 0 Å². The molecule has 0 bridgehead atoms. The number of hydrogen-bond donors (Lipinski definition) is 1. The van der Waals surface area contributed by atoms with Gasteiger partial charge in [0.15, 0.2) is 5.78 Å². The Morgan fingerprint density at radius 1 is 1.54 bits per heavy atom. The number of nitrogens with two attached hydrogens (primary N) is 1. The molecule has 2 N–H and O–H groups in total. The quantitative estimate of drug-likeness (QED) is 0.734. The minimum atomic E-state index is 0.0783. The predicted octanol–water partition coefficient (Wildman–Crippen LogP) is 2.06. The molecule has 1 aromatic heterocycles. The van der Waals surface area contributed by atoms with Gasteiger partial charge in [0.05, 0.1) is 0 Å². The van der Waals surface area contributed by atoms with Gasteiger partial charge in [-0.05, 0) is 24.3 Å². The molecule has 0 spiro atoms. The van der Waals surface area contributed by atoms with Crippen LogP contribution >= 0.6 is 11.3 Å². The van der Waals surface area contributed by atoms with E-state index in [1.807, 2.05) is 16.8 Å². The summed E-state index contributed by atoms with van der Waals surface area (Å²) in [5.74, 6) is 0.320. The van der Waals surface area contributed by atoms with E-state index in [9.17, 15) is 4.79 Å². The van der Waals surface area contributed by atoms with Crippen molar-refractivity contribution in [3.63, 3.8) is 0 Å². The summed E-state index contributed by atoms with van der Waals surface area (Å²) in [6.07, 6.45) is 3.07. The highest BCUT2D eigenvalue weighted by Gasteiger charge is 2.30. The van der Waals surface area contributed by atoms with Crippen molar-refractivity contribution in [2.24, 2.45) is 11.7 Å². The van der Waals surface area contributed by atoms with Crippen LogP contribution in [0.2, 0.25) is 0 Å². The summed E-state index contributed by atoms with van der Waals surface area (Å²) in [6, 6.07) is 1.98. The number of ketones is 1. The molecule has 13 heavy (non-hydrogen) atoms. The first-order valence-corrected chi connectivity index (χ1v) is 5.55. The van der Waals surface area contributed by atoms with Crippen molar-refractivity contribution in [3.05, 3.63) is 22.4 Å². The number of Topliss-reactive ketones (excluding diaryl/α,β-unsaturated/α-hetero) is 1. The van der Waals surface area contributed by atoms with Crippen LogP contribution in [0.4, 0.5) is 0 Å². The van der Waals surface area contributed by atoms with Gasteiger partial charge in [0, 0.05) is 22.9 Å². The maximum absolute atomic E-state index is 11.8. The maximum atomic E-state index is 11.8. The Morgan fingerprint density at radius 3 is 2.92 bits per heavy atom. The molecular weight excluding hydrogens is 182 g/mol. The fourth-order valence-corrected chi connectivity index (χ4v) is 2.58. The van der Waals surface area contributed by atoms with E-state index >= 15 is 0 Å². The zero-order valence-corrected chi connectivity index (χ0v) is 8.22. The number of carbonyl (C=O) groups excluding carboxylic acids is 1. The first-order chi connectivity index (χ1) is 6.29. The van der Waals surface area contributed by atoms with Crippen molar-refractivity contribution < 1.29 is 4.79 Å². The standard InChI is InChI=1S/C10H13NOS/c11-9-3-1-2-8(9)10(12)7-4-5-13-6-7/h4-6,8-9H,1-3,11H2. The molecule has 0 aliphatic heterocycles. The second kappa shape index (κ2) is 3.60. The number of thiophene rings is 1. The van der Waals surface area contributed by atoms with Crippen molar-refractivity contribution in [2.75, 3.05) is 0 Å². The Labute approximate surface area is 81.8 Å². The van der Waals surface area contributed by atoms with Crippen molar-refractivity contribution in [1.29, 1.82) is 0 Å². The third kappa shape index (κ3) is 1.67. The monoisotopic (exact) mass is 195 g/mol. The van der Waals surface area contributed by atoms with Crippen molar-refractivity contribution in [1.82, 2.24) is 0 Å². The lowest BCUT2D eigenvalue weighted by molar-refractivity contribution is 0.0914. The lowest BCUT2D eigenvalue weighted by Crippen LogP contribution is -2.30. The highest BCUT2D eigenvalue weighted by Crippen LogP contribution is 2.27. The molecule has 0 radical (unpaired) electrons. The molecule has 1 fully saturated rings. The van der Waals surface area contributed by atoms with Gasteiger partial charge in [-0.2, -0.15) is 11.3 Å². The molecular formula is C10H13NOS. The van der Waals surface area contributed by atoms with Gasteiger partial charge < -0.3 is 5.73 Å². The average Bonchev–Trinajstić information content (AvgIpc) is 2.72. The number of rotatable bonds is 2. The van der Waals surface area contributed by atoms with E-state index in [2.05, 4.69) is 0 Å². The van der Waals surface area contributed by atoms with Crippen LogP contribution in [0.1, 0.15) is 29.6 Å². The van der Waals surface area contributed by atoms with E-state index in [0.717, 1.165) is 24.8 Å². The van der Waals surface area contributed by atoms with E-state index < -0.39 is 0 Å². The lowest BCUT2D eigenvalue weighted by atomic mass is 9.95. The van der Waals surface area contributed by atoms with Gasteiger partial charge in [-0.3, -0.25) is 4.79 Å². The zero-order chi connectivity index (χ0) is 9.26. The maximum Gasteiger partial charge on any atom is 0.168 e. The van der Waals surface area contributed by atoms with Gasteiger partial charge in [-0.1, -0.05) is 6.42 Å². The molecule has 0 amide bonds. The highest BCUT2D eigenvalue weighted by molar-refractivity contribution is 7.08. The Bertz CT molecular complexity index is 294. The predicted molar refractivity (Wildman–Crippen MR) is 54.0 cm³/mol. The molecule has 1 aromatic rings. The second-order valence-electron chi connectivity index (χ2n) is 3.58. The van der Waals surface area contributed by atoms with Crippen LogP contribution in [0.25, 0.3) is 0 Å². The molecule has 2 unspecified atom stereocenters. The first-order valence-electron chi connectivity index (χ1n) is 4.61. The Kier molecular flexibility index (Phi) is 2.47. The fraction of sp³-hybridized carbons (Fsp3) is 0.500. The SMILES string of the molecule is NC1CCCC1C(=O)c1ccsc1. The third-order valence-corrected chi connectivity index (χ3v) is 3.40. The van der Waals surface area contributed by atoms with Gasteiger partial charge in [0.25, 0.3) is 0 Å². The second-order valence-corrected chi connectivity index (χ2v) is 4.36. The van der Waals surface area contributed by atoms with Crippen molar-refractivity contribution >= 4 is 17.1 Å². The van der Waals surface area contributed by atoms with Gasteiger partial charge in [-0.15, -0.1) is 0 Å². The lowest BCUT2D eigenvalue weighted by Gasteiger charge is -2.12. The van der Waals surface area contributed by atoms with E-state index in [1.165, 1.54) is 0 Å². The molecule has 2 atom stereocenters. The van der Waals surface area contributed by atoms with Crippen LogP contribution in [0, 0.1) is 5.92 Å². The first kappa shape index (κ1) is 8.91. The molecule has 0 aromatic carbocycles. The zero-order valence-electron chi connectivity index (χ0n) is 7.40. The summed E-state index contributed by atoms with van der Waals surface area (Å²) in [5.41, 5.74) is 6.71. The Morgan fingerprint density at radius 2 is 2.38 bits per heavy atom. The highest BCUT2D eigenvalue weighted by atomic mass is 32.1. The summed E-state index contributed by atoms with van der Waals surface area (Å²) in [6.45, 7) is 0. The Balaban J connectivity index is 2.13. The summed E-state index contributed by atoms with van der Waals surface area (Å²) in [5, 5.41) is 3.85. The molecule has 2 rings (SSSR count). The van der Waals surface area contributed by atoms with Gasteiger partial charge in [0.2, 0.25) is 0 Å². The minimum absolute atomic E-state index is 0.0783. The molecule has 1 saturated carbocycles. The van der Waals surface area contributed by atoms with Crippen LogP contribution in [0.15, 0.2) is 16.8 Å². The fourth-order valence-electron chi connectivity index (χ4n) is 1.93. The van der Waals surface area contributed by atoms with Gasteiger partial charge >= 0.3 is 0 Å². The van der Waals surface area contributed by atoms with Crippen molar-refractivity contribution in [2.45, 2.75) is 25.3 Å². The molecule has 2 nitrogen and oxygen atoms in total. The van der Waals surface area contributed by atoms with Crippen LogP contribution in [-0.4, -0.2) is 11.8 Å². The van der Waals surface area contributed by atoms with Crippen LogP contribution in [0.3, 0.4) is 0 Å². The minimum Gasteiger partial charge on any atom is -0.327 e. The van der Waals surface area contributed by atoms with Crippen LogP contribution < -0.4 is 5.73 Å². The number of carbonyl (C=O) groups is 1. The van der Waals surface area contributed by atoms with E-state index in [0.29, 0.717) is 0 Å². The van der Waals surface area contributed by atoms with E-state index in [-0.39, 0.29) is 17.7 Å². The molecule has 1 aliphatic carbocycles. The summed E-state index contributed by atoms with van der Waals surface area (Å²) >= 11 is 1.57. The smallest absolute Gasteiger partial charge is 0.168 e. The third-order valence-electron chi connectivity index (χ3n) is 2.71. The molecule has 3 heteroatoms. The van der Waals surface area contributed by atoms with E-state index in [4.69, 9.17) is 5.73 Å². The molecule has 1 aliphatic rings. The summed E-state index contributed by atoms with van der Waals surface area (Å²) in [7, 11) is 0. The van der Waals surface area contributed by atoms with Gasteiger partial charge in [0.1, 0.15) is 0 Å². The van der Waals surface area contributed by atoms with Crippen LogP contribution in [-0.2, 0) is 0 Å². The normalized spacial score (nSPS) is 27.8. The molecule has 70 valence electrons. The number of hydrogen-bond acceptors (Lipinski definition) is 3. The van der Waals surface area contributed by atoms with E-state index in [1.54, 1.807) is 11.3 Å². The van der Waals surface area contributed by atoms with Crippen molar-refractivity contribution in [3.8, 4) is 0 Å². The topological polar surface area (TPSA) is 43.1 Å². The summed E-state index contributed by atoms with van der Waals surface area (Å²) < 4.78 is 0. The molecule has 0 saturated heterocycles. The van der Waals surface area contributed by atoms with Crippen LogP contribution in [0.5, 0.6) is 0 Å². The largest absolute Gasteiger partial charge is 0.327 e. The average molecular weight is 195 g/mol.